The molecule has 0 atom stereocenters. The number of thioether (sulfide) groups is 1. The molecular formula is C16H26N4O3S2. The number of anilines is 1. The minimum atomic E-state index is -0.376. The molecule has 0 radical (unpaired) electrons. The van der Waals surface area contributed by atoms with Crippen molar-refractivity contribution in [3.8, 4) is 0 Å². The average molecular weight is 387 g/mol. The summed E-state index contributed by atoms with van der Waals surface area (Å²) >= 11 is 2.93. The molecule has 1 aliphatic rings. The first-order chi connectivity index (χ1) is 11.8. The second-order valence-corrected chi connectivity index (χ2v) is 9.34. The Morgan fingerprint density at radius 2 is 2.00 bits per heavy atom. The van der Waals surface area contributed by atoms with Crippen molar-refractivity contribution in [2.45, 2.75) is 38.0 Å². The van der Waals surface area contributed by atoms with Crippen LogP contribution >= 0.6 is 23.1 Å². The molecule has 2 rings (SSSR count). The van der Waals surface area contributed by atoms with Crippen LogP contribution in [0.1, 0.15) is 33.6 Å². The summed E-state index contributed by atoms with van der Waals surface area (Å²) in [6, 6.07) is 0. The topological polar surface area (TPSA) is 84.4 Å². The molecule has 25 heavy (non-hydrogen) atoms. The van der Waals surface area contributed by atoms with E-state index in [1.807, 2.05) is 25.7 Å². The van der Waals surface area contributed by atoms with E-state index in [9.17, 15) is 9.59 Å². The van der Waals surface area contributed by atoms with Crippen LogP contribution in [0.3, 0.4) is 0 Å². The molecule has 1 aromatic rings. The first-order valence-electron chi connectivity index (χ1n) is 8.36. The van der Waals surface area contributed by atoms with Gasteiger partial charge in [0.2, 0.25) is 16.9 Å². The van der Waals surface area contributed by atoms with Crippen molar-refractivity contribution in [1.29, 1.82) is 0 Å². The highest BCUT2D eigenvalue weighted by atomic mass is 32.2. The fraction of sp³-hybridized carbons (Fsp3) is 0.750. The maximum atomic E-state index is 12.4. The fourth-order valence-electron chi connectivity index (χ4n) is 2.56. The number of rotatable bonds is 6. The summed E-state index contributed by atoms with van der Waals surface area (Å²) < 4.78 is 5.82. The van der Waals surface area contributed by atoms with Gasteiger partial charge in [-0.05, 0) is 12.8 Å². The molecule has 1 saturated heterocycles. The zero-order valence-electron chi connectivity index (χ0n) is 15.2. The molecule has 7 nitrogen and oxygen atoms in total. The Morgan fingerprint density at radius 3 is 2.60 bits per heavy atom. The Balaban J connectivity index is 1.80. The average Bonchev–Trinajstić information content (AvgIpc) is 3.01. The van der Waals surface area contributed by atoms with E-state index in [0.717, 1.165) is 10.1 Å². The van der Waals surface area contributed by atoms with Crippen LogP contribution in [0.2, 0.25) is 0 Å². The van der Waals surface area contributed by atoms with Crippen LogP contribution in [-0.2, 0) is 14.3 Å². The quantitative estimate of drug-likeness (QED) is 0.459. The van der Waals surface area contributed by atoms with E-state index in [1.54, 1.807) is 18.9 Å². The van der Waals surface area contributed by atoms with Gasteiger partial charge in [-0.2, -0.15) is 0 Å². The molecule has 9 heteroatoms. The second-order valence-electron chi connectivity index (χ2n) is 7.02. The lowest BCUT2D eigenvalue weighted by atomic mass is 9.91. The Bertz CT molecular complexity index is 592. The zero-order chi connectivity index (χ0) is 18.4. The van der Waals surface area contributed by atoms with Crippen LogP contribution in [0, 0.1) is 11.3 Å². The van der Waals surface area contributed by atoms with Gasteiger partial charge in [-0.1, -0.05) is 43.9 Å². The Kier molecular flexibility index (Phi) is 7.21. The molecule has 0 saturated carbocycles. The highest BCUT2D eigenvalue weighted by Crippen LogP contribution is 2.27. The minimum absolute atomic E-state index is 0.0348. The first kappa shape index (κ1) is 20.1. The standard InChI is InChI=1S/C16H26N4O3S2/c1-16(2,3)13(22)20-7-5-11(6-8-20)12(21)17-14-18-19-15(25-14)24-10-9-23-4/h11H,5-10H2,1-4H3,(H,17,18,21). The van der Waals surface area contributed by atoms with Crippen molar-refractivity contribution in [3.63, 3.8) is 0 Å². The Morgan fingerprint density at radius 1 is 1.32 bits per heavy atom. The third kappa shape index (κ3) is 5.93. The van der Waals surface area contributed by atoms with Crippen LogP contribution in [0.25, 0.3) is 0 Å². The molecule has 2 heterocycles. The van der Waals surface area contributed by atoms with E-state index < -0.39 is 0 Å². The van der Waals surface area contributed by atoms with Gasteiger partial charge in [0, 0.05) is 37.3 Å². The van der Waals surface area contributed by atoms with Gasteiger partial charge in [-0.25, -0.2) is 0 Å². The van der Waals surface area contributed by atoms with E-state index in [0.29, 0.717) is 37.7 Å². The normalized spacial score (nSPS) is 16.1. The summed E-state index contributed by atoms with van der Waals surface area (Å²) in [5.74, 6) is 0.831. The van der Waals surface area contributed by atoms with E-state index in [2.05, 4.69) is 15.5 Å². The summed E-state index contributed by atoms with van der Waals surface area (Å²) in [4.78, 5) is 26.6. The maximum absolute atomic E-state index is 12.4. The molecule has 1 fully saturated rings. The molecule has 1 aliphatic heterocycles. The molecule has 0 spiro atoms. The van der Waals surface area contributed by atoms with Crippen LogP contribution in [0.4, 0.5) is 5.13 Å². The van der Waals surface area contributed by atoms with Crippen molar-refractivity contribution in [2.75, 3.05) is 37.9 Å². The number of nitrogens with one attached hydrogen (secondary N) is 1. The highest BCUT2D eigenvalue weighted by molar-refractivity contribution is 8.01. The van der Waals surface area contributed by atoms with Gasteiger partial charge in [-0.15, -0.1) is 10.2 Å². The molecule has 2 amide bonds. The summed E-state index contributed by atoms with van der Waals surface area (Å²) in [7, 11) is 1.66. The van der Waals surface area contributed by atoms with Gasteiger partial charge >= 0.3 is 0 Å². The van der Waals surface area contributed by atoms with E-state index in [1.165, 1.54) is 11.3 Å². The molecule has 0 aliphatic carbocycles. The molecular weight excluding hydrogens is 360 g/mol. The van der Waals surface area contributed by atoms with Gasteiger partial charge in [0.1, 0.15) is 0 Å². The Hall–Kier alpha value is -1.19. The van der Waals surface area contributed by atoms with E-state index in [-0.39, 0.29) is 23.1 Å². The van der Waals surface area contributed by atoms with Gasteiger partial charge in [0.05, 0.1) is 6.61 Å². The number of hydrogen-bond donors (Lipinski definition) is 1. The number of ether oxygens (including phenoxy) is 1. The van der Waals surface area contributed by atoms with E-state index in [4.69, 9.17) is 4.74 Å². The summed E-state index contributed by atoms with van der Waals surface area (Å²) in [5, 5.41) is 11.5. The zero-order valence-corrected chi connectivity index (χ0v) is 16.8. The van der Waals surface area contributed by atoms with Crippen molar-refractivity contribution in [2.24, 2.45) is 11.3 Å². The monoisotopic (exact) mass is 386 g/mol. The molecule has 1 N–H and O–H groups in total. The smallest absolute Gasteiger partial charge is 0.229 e. The largest absolute Gasteiger partial charge is 0.384 e. The molecule has 140 valence electrons. The van der Waals surface area contributed by atoms with Crippen LogP contribution in [-0.4, -0.2) is 59.5 Å². The van der Waals surface area contributed by atoms with Crippen molar-refractivity contribution in [1.82, 2.24) is 15.1 Å². The number of carbonyl (C=O) groups excluding carboxylic acids is 2. The lowest BCUT2D eigenvalue weighted by molar-refractivity contribution is -0.142. The number of nitrogens with zero attached hydrogens (tertiary/aromatic N) is 3. The third-order valence-electron chi connectivity index (χ3n) is 3.94. The predicted molar refractivity (Wildman–Crippen MR) is 99.9 cm³/mol. The maximum Gasteiger partial charge on any atom is 0.229 e. The fourth-order valence-corrected chi connectivity index (χ4v) is 4.28. The first-order valence-corrected chi connectivity index (χ1v) is 10.2. The van der Waals surface area contributed by atoms with Crippen molar-refractivity contribution < 1.29 is 14.3 Å². The van der Waals surface area contributed by atoms with Crippen LogP contribution in [0.5, 0.6) is 0 Å². The minimum Gasteiger partial charge on any atom is -0.384 e. The van der Waals surface area contributed by atoms with Gasteiger partial charge in [0.25, 0.3) is 0 Å². The number of aromatic nitrogens is 2. The predicted octanol–water partition coefficient (Wildman–Crippen LogP) is 2.50. The number of methoxy groups -OCH3 is 1. The summed E-state index contributed by atoms with van der Waals surface area (Å²) in [6.45, 7) is 7.67. The van der Waals surface area contributed by atoms with Crippen LogP contribution in [0.15, 0.2) is 4.34 Å². The third-order valence-corrected chi connectivity index (χ3v) is 5.88. The van der Waals surface area contributed by atoms with Gasteiger partial charge in [0.15, 0.2) is 4.34 Å². The molecule has 1 aromatic heterocycles. The SMILES string of the molecule is COCCSc1nnc(NC(=O)C2CCN(C(=O)C(C)(C)C)CC2)s1. The van der Waals surface area contributed by atoms with Crippen molar-refractivity contribution in [3.05, 3.63) is 0 Å². The number of amides is 2. The van der Waals surface area contributed by atoms with Gasteiger partial charge in [-0.3, -0.25) is 9.59 Å². The Labute approximate surface area is 156 Å². The number of piperidine rings is 1. The van der Waals surface area contributed by atoms with Crippen LogP contribution < -0.4 is 5.32 Å². The van der Waals surface area contributed by atoms with Crippen molar-refractivity contribution >= 4 is 40.0 Å². The molecule has 0 bridgehead atoms. The summed E-state index contributed by atoms with van der Waals surface area (Å²) in [5.41, 5.74) is -0.376. The second kappa shape index (κ2) is 8.95. The highest BCUT2D eigenvalue weighted by Gasteiger charge is 2.32. The molecule has 0 aromatic carbocycles. The lowest BCUT2D eigenvalue weighted by Gasteiger charge is -2.35. The van der Waals surface area contributed by atoms with E-state index >= 15 is 0 Å². The lowest BCUT2D eigenvalue weighted by Crippen LogP contribution is -2.45. The number of carbonyl (C=O) groups is 2. The van der Waals surface area contributed by atoms with Gasteiger partial charge < -0.3 is 15.0 Å². The summed E-state index contributed by atoms with van der Waals surface area (Å²) in [6.07, 6.45) is 1.36. The number of likely N-dealkylation sites (tertiary alicyclic amines) is 1. The number of hydrogen-bond acceptors (Lipinski definition) is 7. The molecule has 0 unspecified atom stereocenters.